The summed E-state index contributed by atoms with van der Waals surface area (Å²) in [6.07, 6.45) is 0. The Morgan fingerprint density at radius 1 is 1.04 bits per heavy atom. The summed E-state index contributed by atoms with van der Waals surface area (Å²) in [5.74, 6) is 1.26. The summed E-state index contributed by atoms with van der Waals surface area (Å²) in [5.41, 5.74) is 4.11. The molecule has 1 aliphatic rings. The average molecular weight is 312 g/mol. The Hall–Kier alpha value is -2.53. The predicted octanol–water partition coefficient (Wildman–Crippen LogP) is 2.24. The Bertz CT molecular complexity index is 728. The van der Waals surface area contributed by atoms with Crippen molar-refractivity contribution >= 4 is 5.91 Å². The van der Waals surface area contributed by atoms with Crippen LogP contribution in [0.1, 0.15) is 27.0 Å². The maximum atomic E-state index is 12.3. The fourth-order valence-corrected chi connectivity index (χ4v) is 2.71. The Labute approximate surface area is 135 Å². The van der Waals surface area contributed by atoms with Crippen LogP contribution in [0.2, 0.25) is 0 Å². The van der Waals surface area contributed by atoms with Gasteiger partial charge in [0.1, 0.15) is 0 Å². The van der Waals surface area contributed by atoms with Crippen LogP contribution in [0.5, 0.6) is 11.5 Å². The van der Waals surface area contributed by atoms with Crippen LogP contribution in [0.15, 0.2) is 36.4 Å². The van der Waals surface area contributed by atoms with Crippen molar-refractivity contribution in [3.8, 4) is 11.5 Å². The number of carbonyl (C=O) groups excluding carboxylic acids is 1. The minimum absolute atomic E-state index is 0.0746. The molecule has 5 nitrogen and oxygen atoms in total. The zero-order valence-corrected chi connectivity index (χ0v) is 13.3. The highest BCUT2D eigenvalue weighted by molar-refractivity contribution is 5.94. The third-order valence-electron chi connectivity index (χ3n) is 4.00. The van der Waals surface area contributed by atoms with Gasteiger partial charge in [0.25, 0.3) is 5.91 Å². The molecule has 120 valence electrons. The average Bonchev–Trinajstić information content (AvgIpc) is 3.06. The minimum atomic E-state index is -0.0746. The van der Waals surface area contributed by atoms with E-state index in [0.717, 1.165) is 18.7 Å². The van der Waals surface area contributed by atoms with Crippen molar-refractivity contribution in [3.05, 3.63) is 58.7 Å². The summed E-state index contributed by atoms with van der Waals surface area (Å²) in [6, 6.07) is 11.5. The number of methoxy groups -OCH3 is 2. The fourth-order valence-electron chi connectivity index (χ4n) is 2.71. The van der Waals surface area contributed by atoms with E-state index in [1.807, 2.05) is 36.4 Å². The van der Waals surface area contributed by atoms with Crippen molar-refractivity contribution in [2.75, 3.05) is 14.2 Å². The maximum absolute atomic E-state index is 12.3. The van der Waals surface area contributed by atoms with E-state index >= 15 is 0 Å². The van der Waals surface area contributed by atoms with E-state index in [9.17, 15) is 4.79 Å². The van der Waals surface area contributed by atoms with Crippen LogP contribution in [-0.2, 0) is 19.6 Å². The number of fused-ring (bicyclic) bond motifs is 1. The Morgan fingerprint density at radius 2 is 1.83 bits per heavy atom. The molecule has 0 fully saturated rings. The molecule has 0 bridgehead atoms. The van der Waals surface area contributed by atoms with Crippen LogP contribution in [0.25, 0.3) is 0 Å². The molecule has 23 heavy (non-hydrogen) atoms. The number of benzene rings is 2. The Balaban J connectivity index is 1.67. The Kier molecular flexibility index (Phi) is 4.48. The van der Waals surface area contributed by atoms with Gasteiger partial charge in [0.05, 0.1) is 14.2 Å². The second-order valence-corrected chi connectivity index (χ2v) is 5.46. The lowest BCUT2D eigenvalue weighted by Crippen LogP contribution is -2.23. The topological polar surface area (TPSA) is 59.6 Å². The van der Waals surface area contributed by atoms with Crippen molar-refractivity contribution < 1.29 is 14.3 Å². The van der Waals surface area contributed by atoms with E-state index in [4.69, 9.17) is 9.47 Å². The van der Waals surface area contributed by atoms with E-state index < -0.39 is 0 Å². The number of nitrogens with one attached hydrogen (secondary N) is 2. The van der Waals surface area contributed by atoms with Gasteiger partial charge in [-0.1, -0.05) is 12.1 Å². The molecule has 0 unspecified atom stereocenters. The lowest BCUT2D eigenvalue weighted by molar-refractivity contribution is 0.0951. The second-order valence-electron chi connectivity index (χ2n) is 5.46. The fraction of sp³-hybridized carbons (Fsp3) is 0.278. The van der Waals surface area contributed by atoms with Crippen molar-refractivity contribution in [1.29, 1.82) is 0 Å². The number of hydrogen-bond acceptors (Lipinski definition) is 4. The SMILES string of the molecule is COc1ccc(CNC(=O)c2ccc3c(c2)CNC3)cc1OC. The first-order valence-corrected chi connectivity index (χ1v) is 7.53. The smallest absolute Gasteiger partial charge is 0.251 e. The summed E-state index contributed by atoms with van der Waals surface area (Å²) in [7, 11) is 3.20. The first-order chi connectivity index (χ1) is 11.2. The zero-order valence-electron chi connectivity index (χ0n) is 13.3. The molecular formula is C18H20N2O3. The van der Waals surface area contributed by atoms with E-state index in [1.165, 1.54) is 11.1 Å². The van der Waals surface area contributed by atoms with E-state index in [1.54, 1.807) is 14.2 Å². The third-order valence-corrected chi connectivity index (χ3v) is 4.00. The molecule has 0 saturated heterocycles. The molecule has 0 aliphatic carbocycles. The number of carbonyl (C=O) groups is 1. The van der Waals surface area contributed by atoms with Crippen LogP contribution in [0.4, 0.5) is 0 Å². The van der Waals surface area contributed by atoms with Gasteiger partial charge in [-0.2, -0.15) is 0 Å². The van der Waals surface area contributed by atoms with Crippen LogP contribution < -0.4 is 20.1 Å². The van der Waals surface area contributed by atoms with Crippen molar-refractivity contribution in [2.24, 2.45) is 0 Å². The molecule has 0 spiro atoms. The lowest BCUT2D eigenvalue weighted by atomic mass is 10.1. The highest BCUT2D eigenvalue weighted by Gasteiger charge is 2.13. The molecule has 1 aliphatic heterocycles. The van der Waals surface area contributed by atoms with Gasteiger partial charge in [0.2, 0.25) is 0 Å². The van der Waals surface area contributed by atoms with E-state index in [2.05, 4.69) is 10.6 Å². The van der Waals surface area contributed by atoms with Gasteiger partial charge in [0.15, 0.2) is 11.5 Å². The standard InChI is InChI=1S/C18H20N2O3/c1-22-16-6-3-12(7-17(16)23-2)9-20-18(21)13-4-5-14-10-19-11-15(14)8-13/h3-8,19H,9-11H2,1-2H3,(H,20,21). The quantitative estimate of drug-likeness (QED) is 0.889. The molecule has 3 rings (SSSR count). The summed E-state index contributed by atoms with van der Waals surface area (Å²) < 4.78 is 10.5. The molecule has 0 saturated carbocycles. The minimum Gasteiger partial charge on any atom is -0.493 e. The highest BCUT2D eigenvalue weighted by atomic mass is 16.5. The zero-order chi connectivity index (χ0) is 16.2. The third kappa shape index (κ3) is 3.29. The van der Waals surface area contributed by atoms with Crippen LogP contribution >= 0.6 is 0 Å². The summed E-state index contributed by atoms with van der Waals surface area (Å²) in [5, 5.41) is 6.22. The molecule has 0 atom stereocenters. The molecule has 1 amide bonds. The highest BCUT2D eigenvalue weighted by Crippen LogP contribution is 2.27. The second kappa shape index (κ2) is 6.71. The molecule has 5 heteroatoms. The van der Waals surface area contributed by atoms with Gasteiger partial charge in [-0.3, -0.25) is 4.79 Å². The number of amides is 1. The van der Waals surface area contributed by atoms with E-state index in [-0.39, 0.29) is 5.91 Å². The van der Waals surface area contributed by atoms with Gasteiger partial charge < -0.3 is 20.1 Å². The first-order valence-electron chi connectivity index (χ1n) is 7.53. The Morgan fingerprint density at radius 3 is 2.61 bits per heavy atom. The molecule has 0 radical (unpaired) electrons. The first kappa shape index (κ1) is 15.4. The van der Waals surface area contributed by atoms with Gasteiger partial charge >= 0.3 is 0 Å². The van der Waals surface area contributed by atoms with Gasteiger partial charge in [-0.05, 0) is 41.0 Å². The van der Waals surface area contributed by atoms with Crippen LogP contribution in [-0.4, -0.2) is 20.1 Å². The van der Waals surface area contributed by atoms with Crippen LogP contribution in [0, 0.1) is 0 Å². The number of ether oxygens (including phenoxy) is 2. The molecule has 2 aromatic carbocycles. The van der Waals surface area contributed by atoms with Crippen molar-refractivity contribution in [2.45, 2.75) is 19.6 Å². The summed E-state index contributed by atoms with van der Waals surface area (Å²) in [4.78, 5) is 12.3. The van der Waals surface area contributed by atoms with Gasteiger partial charge in [-0.25, -0.2) is 0 Å². The molecule has 1 heterocycles. The van der Waals surface area contributed by atoms with Crippen molar-refractivity contribution in [3.63, 3.8) is 0 Å². The van der Waals surface area contributed by atoms with Gasteiger partial charge in [-0.15, -0.1) is 0 Å². The van der Waals surface area contributed by atoms with Crippen LogP contribution in [0.3, 0.4) is 0 Å². The molecule has 2 N–H and O–H groups in total. The molecular weight excluding hydrogens is 292 g/mol. The summed E-state index contributed by atoms with van der Waals surface area (Å²) >= 11 is 0. The normalized spacial score (nSPS) is 12.6. The largest absolute Gasteiger partial charge is 0.493 e. The lowest BCUT2D eigenvalue weighted by Gasteiger charge is -2.11. The monoisotopic (exact) mass is 312 g/mol. The van der Waals surface area contributed by atoms with Crippen molar-refractivity contribution in [1.82, 2.24) is 10.6 Å². The summed E-state index contributed by atoms with van der Waals surface area (Å²) in [6.45, 7) is 2.14. The van der Waals surface area contributed by atoms with E-state index in [0.29, 0.717) is 23.6 Å². The molecule has 0 aromatic heterocycles. The number of hydrogen-bond donors (Lipinski definition) is 2. The molecule has 2 aromatic rings. The maximum Gasteiger partial charge on any atom is 0.251 e. The number of rotatable bonds is 5. The van der Waals surface area contributed by atoms with Gasteiger partial charge in [0, 0.05) is 25.2 Å². The predicted molar refractivity (Wildman–Crippen MR) is 87.7 cm³/mol.